The number of hydrogen-bond donors (Lipinski definition) is 5. The molecule has 2 aliphatic heterocycles. The number of hydrogen-bond acceptors (Lipinski definition) is 10. The number of rotatable bonds is 5. The van der Waals surface area contributed by atoms with Crippen molar-refractivity contribution in [3.05, 3.63) is 35.6 Å². The number of benzene rings is 1. The minimum Gasteiger partial charge on any atom is -0.350 e. The highest BCUT2D eigenvalue weighted by atomic mass is 19.1. The minimum atomic E-state index is -0.274. The fraction of sp³-hybridized carbons (Fsp3) is 0.550. The van der Waals surface area contributed by atoms with Crippen LogP contribution in [0.1, 0.15) is 18.4 Å². The van der Waals surface area contributed by atoms with E-state index in [1.165, 1.54) is 12.1 Å². The maximum atomic E-state index is 13.2. The fourth-order valence-corrected chi connectivity index (χ4v) is 4.18. The summed E-state index contributed by atoms with van der Waals surface area (Å²) in [6.45, 7) is 2.92. The van der Waals surface area contributed by atoms with Crippen LogP contribution >= 0.6 is 0 Å². The topological polar surface area (TPSA) is 161 Å². The van der Waals surface area contributed by atoms with Crippen molar-refractivity contribution >= 4 is 17.8 Å². The standard InChI is InChI=1S/C20H31FN10/c21-13-3-1-12(2-4-13)7-26-18-27-19(30-8-14(22)5-15(23)9-30)29-20(28-18)31-10-16(24)6-17(25)11-31/h1-4,14-17H,5-11,22-25H2,(H,26,27,28,29)/t14-,15+,16-,17+. The summed E-state index contributed by atoms with van der Waals surface area (Å²) in [4.78, 5) is 17.9. The van der Waals surface area contributed by atoms with Gasteiger partial charge in [-0.3, -0.25) is 0 Å². The lowest BCUT2D eigenvalue weighted by molar-refractivity contribution is 0.441. The van der Waals surface area contributed by atoms with E-state index in [1.807, 2.05) is 9.80 Å². The Kier molecular flexibility index (Phi) is 6.46. The van der Waals surface area contributed by atoms with Crippen molar-refractivity contribution in [2.24, 2.45) is 22.9 Å². The lowest BCUT2D eigenvalue weighted by Gasteiger charge is -2.37. The molecule has 0 spiro atoms. The van der Waals surface area contributed by atoms with E-state index in [1.54, 1.807) is 12.1 Å². The second-order valence-electron chi connectivity index (χ2n) is 8.56. The first-order chi connectivity index (χ1) is 14.9. The molecule has 0 amide bonds. The van der Waals surface area contributed by atoms with Gasteiger partial charge in [-0.25, -0.2) is 4.39 Å². The van der Waals surface area contributed by atoms with E-state index in [-0.39, 0.29) is 30.0 Å². The number of nitrogens with two attached hydrogens (primary N) is 4. The zero-order valence-electron chi connectivity index (χ0n) is 17.5. The lowest BCUT2D eigenvalue weighted by Crippen LogP contribution is -2.54. The highest BCUT2D eigenvalue weighted by molar-refractivity contribution is 5.47. The van der Waals surface area contributed by atoms with Crippen molar-refractivity contribution in [3.8, 4) is 0 Å². The quantitative estimate of drug-likeness (QED) is 0.412. The lowest BCUT2D eigenvalue weighted by atomic mass is 10.0. The Morgan fingerprint density at radius 3 is 1.68 bits per heavy atom. The van der Waals surface area contributed by atoms with Crippen LogP contribution in [-0.4, -0.2) is 65.3 Å². The molecule has 2 fully saturated rings. The SMILES string of the molecule is N[C@@H]1C[C@H](N)CN(c2nc(NCc3ccc(F)cc3)nc(N3C[C@H](N)C[C@H](N)C3)n2)C1. The Bertz CT molecular complexity index is 815. The first-order valence-corrected chi connectivity index (χ1v) is 10.6. The van der Waals surface area contributed by atoms with Gasteiger partial charge in [0.05, 0.1) is 0 Å². The van der Waals surface area contributed by atoms with E-state index in [0.29, 0.717) is 50.6 Å². The first-order valence-electron chi connectivity index (χ1n) is 10.6. The van der Waals surface area contributed by atoms with E-state index in [2.05, 4.69) is 15.3 Å². The summed E-state index contributed by atoms with van der Waals surface area (Å²) in [6, 6.07) is 6.11. The van der Waals surface area contributed by atoms with Crippen molar-refractivity contribution in [1.82, 2.24) is 15.0 Å². The molecular formula is C20H31FN10. The molecule has 1 aromatic carbocycles. The van der Waals surface area contributed by atoms with E-state index in [0.717, 1.165) is 18.4 Å². The van der Waals surface area contributed by atoms with Gasteiger partial charge in [0.1, 0.15) is 5.82 Å². The molecule has 9 N–H and O–H groups in total. The summed E-state index contributed by atoms with van der Waals surface area (Å²) in [5, 5.41) is 3.22. The number of anilines is 3. The molecule has 168 valence electrons. The molecule has 3 heterocycles. The van der Waals surface area contributed by atoms with Gasteiger partial charge in [0.2, 0.25) is 17.8 Å². The first kappa shape index (κ1) is 21.6. The fourth-order valence-electron chi connectivity index (χ4n) is 4.18. The van der Waals surface area contributed by atoms with Gasteiger partial charge in [0, 0.05) is 56.9 Å². The van der Waals surface area contributed by atoms with Gasteiger partial charge in [0.25, 0.3) is 0 Å². The van der Waals surface area contributed by atoms with Crippen LogP contribution in [0.3, 0.4) is 0 Å². The van der Waals surface area contributed by atoms with Crippen molar-refractivity contribution in [2.75, 3.05) is 41.3 Å². The van der Waals surface area contributed by atoms with Gasteiger partial charge in [-0.15, -0.1) is 0 Å². The zero-order valence-corrected chi connectivity index (χ0v) is 17.5. The molecule has 4 atom stereocenters. The molecule has 11 heteroatoms. The second-order valence-corrected chi connectivity index (χ2v) is 8.56. The molecular weight excluding hydrogens is 399 g/mol. The van der Waals surface area contributed by atoms with Crippen LogP contribution in [0.25, 0.3) is 0 Å². The van der Waals surface area contributed by atoms with E-state index in [9.17, 15) is 4.39 Å². The molecule has 2 aliphatic rings. The maximum Gasteiger partial charge on any atom is 0.232 e. The van der Waals surface area contributed by atoms with Crippen molar-refractivity contribution in [2.45, 2.75) is 43.6 Å². The number of nitrogens with one attached hydrogen (secondary N) is 1. The van der Waals surface area contributed by atoms with Crippen molar-refractivity contribution in [3.63, 3.8) is 0 Å². The van der Waals surface area contributed by atoms with Crippen LogP contribution < -0.4 is 38.1 Å². The molecule has 10 nitrogen and oxygen atoms in total. The van der Waals surface area contributed by atoms with Gasteiger partial charge in [-0.1, -0.05) is 12.1 Å². The predicted molar refractivity (Wildman–Crippen MR) is 119 cm³/mol. The Hall–Kier alpha value is -2.60. The molecule has 2 aromatic rings. The van der Waals surface area contributed by atoms with Gasteiger partial charge >= 0.3 is 0 Å². The number of nitrogens with zero attached hydrogens (tertiary/aromatic N) is 5. The monoisotopic (exact) mass is 430 g/mol. The van der Waals surface area contributed by atoms with Crippen LogP contribution in [0.15, 0.2) is 24.3 Å². The van der Waals surface area contributed by atoms with E-state index >= 15 is 0 Å². The van der Waals surface area contributed by atoms with Crippen LogP contribution in [-0.2, 0) is 6.54 Å². The summed E-state index contributed by atoms with van der Waals surface area (Å²) in [6.07, 6.45) is 1.53. The minimum absolute atomic E-state index is 0.0450. The highest BCUT2D eigenvalue weighted by Crippen LogP contribution is 2.22. The Morgan fingerprint density at radius 1 is 0.774 bits per heavy atom. The van der Waals surface area contributed by atoms with Gasteiger partial charge < -0.3 is 38.1 Å². The Balaban J connectivity index is 1.60. The summed E-state index contributed by atoms with van der Waals surface area (Å²) in [5.74, 6) is 1.18. The largest absolute Gasteiger partial charge is 0.350 e. The molecule has 1 aromatic heterocycles. The molecule has 0 radical (unpaired) electrons. The summed E-state index contributed by atoms with van der Waals surface area (Å²) in [7, 11) is 0. The van der Waals surface area contributed by atoms with Crippen LogP contribution in [0.2, 0.25) is 0 Å². The number of halogens is 1. The predicted octanol–water partition coefficient (Wildman–Crippen LogP) is -0.648. The summed E-state index contributed by atoms with van der Waals surface area (Å²) in [5.41, 5.74) is 25.6. The van der Waals surface area contributed by atoms with E-state index in [4.69, 9.17) is 27.9 Å². The van der Waals surface area contributed by atoms with Gasteiger partial charge in [0.15, 0.2) is 0 Å². The highest BCUT2D eigenvalue weighted by Gasteiger charge is 2.28. The molecule has 31 heavy (non-hydrogen) atoms. The van der Waals surface area contributed by atoms with Gasteiger partial charge in [-0.05, 0) is 30.5 Å². The van der Waals surface area contributed by atoms with Crippen molar-refractivity contribution < 1.29 is 4.39 Å². The molecule has 2 saturated heterocycles. The van der Waals surface area contributed by atoms with E-state index < -0.39 is 0 Å². The van der Waals surface area contributed by atoms with Crippen LogP contribution in [0.4, 0.5) is 22.2 Å². The summed E-state index contributed by atoms with van der Waals surface area (Å²) >= 11 is 0. The number of aromatic nitrogens is 3. The average Bonchev–Trinajstić information content (AvgIpc) is 2.72. The maximum absolute atomic E-state index is 13.2. The van der Waals surface area contributed by atoms with Crippen LogP contribution in [0.5, 0.6) is 0 Å². The third-order valence-corrected chi connectivity index (χ3v) is 5.57. The zero-order chi connectivity index (χ0) is 22.0. The molecule has 0 aliphatic carbocycles. The Labute approximate surface area is 181 Å². The average molecular weight is 431 g/mol. The van der Waals surface area contributed by atoms with Gasteiger partial charge in [-0.2, -0.15) is 15.0 Å². The Morgan fingerprint density at radius 2 is 1.23 bits per heavy atom. The molecule has 0 unspecified atom stereocenters. The smallest absolute Gasteiger partial charge is 0.232 e. The normalized spacial score (nSPS) is 26.7. The molecule has 0 bridgehead atoms. The molecule has 0 saturated carbocycles. The third-order valence-electron chi connectivity index (χ3n) is 5.57. The van der Waals surface area contributed by atoms with Crippen molar-refractivity contribution in [1.29, 1.82) is 0 Å². The number of piperidine rings is 2. The van der Waals surface area contributed by atoms with Crippen LogP contribution in [0, 0.1) is 5.82 Å². The second kappa shape index (κ2) is 9.27. The summed E-state index contributed by atoms with van der Waals surface area (Å²) < 4.78 is 13.2. The molecule has 4 rings (SSSR count). The third kappa shape index (κ3) is 5.56.